The molecule has 414 valence electrons. The van der Waals surface area contributed by atoms with E-state index in [1.807, 2.05) is 0 Å². The summed E-state index contributed by atoms with van der Waals surface area (Å²) < 4.78 is 34.1. The van der Waals surface area contributed by atoms with Gasteiger partial charge in [0.2, 0.25) is 5.91 Å². The van der Waals surface area contributed by atoms with E-state index in [9.17, 15) is 61.0 Å². The molecule has 17 unspecified atom stereocenters. The van der Waals surface area contributed by atoms with Gasteiger partial charge in [-0.25, -0.2) is 0 Å². The molecule has 0 radical (unpaired) electrons. The molecule has 0 aromatic heterocycles. The fourth-order valence-corrected chi connectivity index (χ4v) is 9.61. The SMILES string of the molecule is CCCCCCCCCCCCCCCCCCCCCCC(=O)NC(COC1OC(CO)C(OC2OC(CO)C(OC3OC(CO)C(O)C(O)C3O)C(O)C2O)C(O)C1O)C(O)CCCCCCC. The number of nitrogens with one attached hydrogen (secondary N) is 1. The van der Waals surface area contributed by atoms with Crippen molar-refractivity contribution in [2.45, 2.75) is 291 Å². The molecule has 12 N–H and O–H groups in total. The molecule has 3 rings (SSSR count). The maximum Gasteiger partial charge on any atom is 0.220 e. The first-order chi connectivity index (χ1) is 33.8. The van der Waals surface area contributed by atoms with Crippen LogP contribution in [0.3, 0.4) is 0 Å². The average Bonchev–Trinajstić information content (AvgIpc) is 3.35. The van der Waals surface area contributed by atoms with E-state index in [2.05, 4.69) is 19.2 Å². The number of unbranched alkanes of at least 4 members (excludes halogenated alkanes) is 23. The first-order valence-electron chi connectivity index (χ1n) is 27.3. The lowest BCUT2D eigenvalue weighted by molar-refractivity contribution is -0.379. The van der Waals surface area contributed by atoms with E-state index in [-0.39, 0.29) is 18.9 Å². The van der Waals surface area contributed by atoms with E-state index in [1.54, 1.807) is 0 Å². The summed E-state index contributed by atoms with van der Waals surface area (Å²) in [5, 5.41) is 119. The molecule has 0 saturated carbocycles. The van der Waals surface area contributed by atoms with E-state index in [4.69, 9.17) is 28.4 Å². The lowest BCUT2D eigenvalue weighted by Crippen LogP contribution is -2.66. The first-order valence-corrected chi connectivity index (χ1v) is 27.3. The first kappa shape index (κ1) is 63.1. The molecule has 19 nitrogen and oxygen atoms in total. The fraction of sp³-hybridized carbons (Fsp3) is 0.980. The highest BCUT2D eigenvalue weighted by molar-refractivity contribution is 5.76. The van der Waals surface area contributed by atoms with Crippen molar-refractivity contribution in [3.63, 3.8) is 0 Å². The normalized spacial score (nSPS) is 32.5. The van der Waals surface area contributed by atoms with E-state index >= 15 is 0 Å². The number of amides is 1. The van der Waals surface area contributed by atoms with Gasteiger partial charge in [0.15, 0.2) is 18.9 Å². The summed E-state index contributed by atoms with van der Waals surface area (Å²) in [6.07, 6.45) is 4.20. The highest BCUT2D eigenvalue weighted by Gasteiger charge is 2.53. The van der Waals surface area contributed by atoms with Crippen molar-refractivity contribution in [1.82, 2.24) is 5.32 Å². The van der Waals surface area contributed by atoms with Gasteiger partial charge in [-0.1, -0.05) is 168 Å². The summed E-state index contributed by atoms with van der Waals surface area (Å²) in [4.78, 5) is 13.2. The average molecular weight is 1010 g/mol. The van der Waals surface area contributed by atoms with Crippen LogP contribution in [-0.4, -0.2) is 193 Å². The molecule has 0 spiro atoms. The fourth-order valence-electron chi connectivity index (χ4n) is 9.61. The molecule has 3 aliphatic heterocycles. The Balaban J connectivity index is 1.43. The van der Waals surface area contributed by atoms with Crippen molar-refractivity contribution in [3.8, 4) is 0 Å². The molecule has 0 aromatic carbocycles. The third-order valence-corrected chi connectivity index (χ3v) is 14.2. The number of ether oxygens (including phenoxy) is 6. The molecule has 3 saturated heterocycles. The molecule has 19 heteroatoms. The molecule has 3 heterocycles. The number of hydrogen-bond donors (Lipinski definition) is 12. The van der Waals surface area contributed by atoms with Crippen LogP contribution < -0.4 is 5.32 Å². The second-order valence-electron chi connectivity index (χ2n) is 20.1. The number of hydrogen-bond acceptors (Lipinski definition) is 18. The summed E-state index contributed by atoms with van der Waals surface area (Å²) in [6.45, 7) is 1.68. The monoisotopic (exact) mass is 1010 g/mol. The van der Waals surface area contributed by atoms with Gasteiger partial charge in [0, 0.05) is 6.42 Å². The van der Waals surface area contributed by atoms with Gasteiger partial charge in [0.1, 0.15) is 73.2 Å². The lowest BCUT2D eigenvalue weighted by atomic mass is 9.96. The smallest absolute Gasteiger partial charge is 0.220 e. The number of rotatable bonds is 39. The number of carbonyl (C=O) groups is 1. The molecular weight excluding hydrogens is 915 g/mol. The highest BCUT2D eigenvalue weighted by Crippen LogP contribution is 2.33. The van der Waals surface area contributed by atoms with Crippen LogP contribution in [-0.2, 0) is 33.2 Å². The van der Waals surface area contributed by atoms with Crippen molar-refractivity contribution in [1.29, 1.82) is 0 Å². The number of aliphatic hydroxyl groups excluding tert-OH is 11. The van der Waals surface area contributed by atoms with Gasteiger partial charge in [0.25, 0.3) is 0 Å². The van der Waals surface area contributed by atoms with E-state index in [0.717, 1.165) is 51.4 Å². The molecule has 17 atom stereocenters. The molecule has 1 amide bonds. The molecule has 0 bridgehead atoms. The van der Waals surface area contributed by atoms with Gasteiger partial charge in [0.05, 0.1) is 38.6 Å². The number of aliphatic hydroxyl groups is 11. The largest absolute Gasteiger partial charge is 0.394 e. The van der Waals surface area contributed by atoms with Crippen LogP contribution in [0.1, 0.15) is 187 Å². The van der Waals surface area contributed by atoms with Crippen molar-refractivity contribution >= 4 is 5.91 Å². The Morgan fingerprint density at radius 3 is 1.24 bits per heavy atom. The lowest BCUT2D eigenvalue weighted by Gasteiger charge is -2.48. The second-order valence-corrected chi connectivity index (χ2v) is 20.1. The van der Waals surface area contributed by atoms with Crippen LogP contribution in [0.5, 0.6) is 0 Å². The summed E-state index contributed by atoms with van der Waals surface area (Å²) in [6, 6.07) is -0.876. The van der Waals surface area contributed by atoms with Gasteiger partial charge in [-0.3, -0.25) is 4.79 Å². The third kappa shape index (κ3) is 21.9. The Morgan fingerprint density at radius 2 is 0.814 bits per heavy atom. The second kappa shape index (κ2) is 36.7. The Bertz CT molecular complexity index is 1300. The zero-order valence-corrected chi connectivity index (χ0v) is 42.5. The van der Waals surface area contributed by atoms with Crippen LogP contribution >= 0.6 is 0 Å². The van der Waals surface area contributed by atoms with Crippen molar-refractivity contribution in [2.75, 3.05) is 26.4 Å². The topological polar surface area (TPSA) is 307 Å². The molecule has 3 aliphatic rings. The Morgan fingerprint density at radius 1 is 0.457 bits per heavy atom. The Labute approximate surface area is 417 Å². The van der Waals surface area contributed by atoms with Crippen LogP contribution in [0.4, 0.5) is 0 Å². The van der Waals surface area contributed by atoms with E-state index < -0.39 is 124 Å². The zero-order valence-electron chi connectivity index (χ0n) is 42.5. The Hall–Kier alpha value is -1.21. The standard InChI is InChI=1S/C51H97NO18/c1-3-5-7-9-10-11-12-13-14-15-16-17-18-19-20-21-22-23-25-27-29-39(57)52-34(35(56)28-26-24-8-6-4-2)33-65-49-45(63)42(60)47(37(31-54)67-49)70-51-46(64)43(61)48(38(32-55)68-51)69-50-44(62)41(59)40(58)36(30-53)66-50/h34-38,40-51,53-56,58-64H,3-33H2,1-2H3,(H,52,57). The van der Waals surface area contributed by atoms with Gasteiger partial charge in [-0.05, 0) is 12.8 Å². The minimum Gasteiger partial charge on any atom is -0.394 e. The summed E-state index contributed by atoms with van der Waals surface area (Å²) in [7, 11) is 0. The van der Waals surface area contributed by atoms with Gasteiger partial charge in [-0.2, -0.15) is 0 Å². The number of carbonyl (C=O) groups excluding carboxylic acids is 1. The summed E-state index contributed by atoms with van der Waals surface area (Å²) in [5.41, 5.74) is 0. The minimum atomic E-state index is -1.97. The molecule has 0 aromatic rings. The van der Waals surface area contributed by atoms with Gasteiger partial charge in [-0.15, -0.1) is 0 Å². The summed E-state index contributed by atoms with van der Waals surface area (Å²) >= 11 is 0. The van der Waals surface area contributed by atoms with Crippen LogP contribution in [0.15, 0.2) is 0 Å². The van der Waals surface area contributed by atoms with Gasteiger partial charge < -0.3 is 89.9 Å². The maximum absolute atomic E-state index is 13.2. The van der Waals surface area contributed by atoms with Crippen LogP contribution in [0, 0.1) is 0 Å². The molecular formula is C51H97NO18. The Kier molecular flexibility index (Phi) is 33.1. The predicted molar refractivity (Wildman–Crippen MR) is 259 cm³/mol. The van der Waals surface area contributed by atoms with Crippen molar-refractivity contribution < 1.29 is 89.4 Å². The molecule has 70 heavy (non-hydrogen) atoms. The van der Waals surface area contributed by atoms with Crippen molar-refractivity contribution in [2.24, 2.45) is 0 Å². The van der Waals surface area contributed by atoms with Gasteiger partial charge >= 0.3 is 0 Å². The van der Waals surface area contributed by atoms with Crippen LogP contribution in [0.25, 0.3) is 0 Å². The predicted octanol–water partition coefficient (Wildman–Crippen LogP) is 2.87. The third-order valence-electron chi connectivity index (χ3n) is 14.2. The maximum atomic E-state index is 13.2. The summed E-state index contributed by atoms with van der Waals surface area (Å²) in [5.74, 6) is -0.247. The van der Waals surface area contributed by atoms with Crippen molar-refractivity contribution in [3.05, 3.63) is 0 Å². The zero-order chi connectivity index (χ0) is 51.3. The van der Waals surface area contributed by atoms with Crippen LogP contribution in [0.2, 0.25) is 0 Å². The van der Waals surface area contributed by atoms with E-state index in [1.165, 1.54) is 103 Å². The molecule has 3 fully saturated rings. The quantitative estimate of drug-likeness (QED) is 0.0394. The van der Waals surface area contributed by atoms with E-state index in [0.29, 0.717) is 12.8 Å². The minimum absolute atomic E-state index is 0.247. The highest BCUT2D eigenvalue weighted by atomic mass is 16.8. The molecule has 0 aliphatic carbocycles.